The van der Waals surface area contributed by atoms with Gasteiger partial charge in [-0.25, -0.2) is 4.39 Å². The van der Waals surface area contributed by atoms with Crippen LogP contribution in [0.15, 0.2) is 42.5 Å². The van der Waals surface area contributed by atoms with Crippen LogP contribution < -0.4 is 10.1 Å². The molecule has 24 heavy (non-hydrogen) atoms. The number of aliphatic hydroxyl groups excluding tert-OH is 2. The first kappa shape index (κ1) is 17.9. The molecule has 3 N–H and O–H groups in total. The third-order valence-electron chi connectivity index (χ3n) is 3.57. The topological polar surface area (TPSA) is 78.8 Å². The number of halogens is 1. The van der Waals surface area contributed by atoms with Gasteiger partial charge in [0.1, 0.15) is 11.6 Å². The Morgan fingerprint density at radius 2 is 1.75 bits per heavy atom. The van der Waals surface area contributed by atoms with E-state index < -0.39 is 19.0 Å². The van der Waals surface area contributed by atoms with E-state index in [-0.39, 0.29) is 35.4 Å². The molecule has 6 heteroatoms. The van der Waals surface area contributed by atoms with Crippen molar-refractivity contribution in [3.05, 3.63) is 65.0 Å². The van der Waals surface area contributed by atoms with Crippen molar-refractivity contribution in [2.45, 2.75) is 26.2 Å². The lowest BCUT2D eigenvalue weighted by atomic mass is 10.1. The van der Waals surface area contributed by atoms with Gasteiger partial charge >= 0.3 is 0 Å². The smallest absolute Gasteiger partial charge is 0.258 e. The number of aliphatic hydroxyl groups is 2. The lowest BCUT2D eigenvalue weighted by Gasteiger charge is -2.17. The molecular weight excluding hydrogens is 313 g/mol. The predicted octanol–water partition coefficient (Wildman–Crippen LogP) is 2.07. The van der Waals surface area contributed by atoms with Crippen molar-refractivity contribution >= 4 is 5.91 Å². The number of ether oxygens (including phenoxy) is 1. The van der Waals surface area contributed by atoms with Crippen molar-refractivity contribution in [3.8, 4) is 5.75 Å². The van der Waals surface area contributed by atoms with E-state index in [1.807, 2.05) is 37.3 Å². The summed E-state index contributed by atoms with van der Waals surface area (Å²) in [4.78, 5) is 12.0. The summed E-state index contributed by atoms with van der Waals surface area (Å²) in [6, 6.07) is 11.5. The Bertz CT molecular complexity index is 666. The van der Waals surface area contributed by atoms with Crippen molar-refractivity contribution in [1.82, 2.24) is 5.32 Å². The van der Waals surface area contributed by atoms with E-state index >= 15 is 0 Å². The van der Waals surface area contributed by atoms with Gasteiger partial charge in [-0.1, -0.05) is 30.3 Å². The Labute approximate surface area is 139 Å². The van der Waals surface area contributed by atoms with Gasteiger partial charge in [0, 0.05) is 11.1 Å². The van der Waals surface area contributed by atoms with Crippen LogP contribution in [-0.2, 0) is 18.0 Å². The van der Waals surface area contributed by atoms with E-state index in [0.717, 1.165) is 17.7 Å². The summed E-state index contributed by atoms with van der Waals surface area (Å²) < 4.78 is 18.8. The van der Waals surface area contributed by atoms with Crippen LogP contribution >= 0.6 is 0 Å². The number of hydrogen-bond donors (Lipinski definition) is 3. The molecule has 1 amide bonds. The molecule has 0 radical (unpaired) electrons. The minimum atomic E-state index is -0.586. The van der Waals surface area contributed by atoms with Crippen molar-refractivity contribution in [3.63, 3.8) is 0 Å². The molecule has 2 rings (SSSR count). The molecule has 0 saturated carbocycles. The number of carbonyl (C=O) groups excluding carboxylic acids is 1. The molecule has 0 bridgehead atoms. The van der Waals surface area contributed by atoms with E-state index in [1.165, 1.54) is 0 Å². The van der Waals surface area contributed by atoms with Crippen LogP contribution in [0.25, 0.3) is 0 Å². The van der Waals surface area contributed by atoms with E-state index in [2.05, 4.69) is 5.32 Å². The fourth-order valence-corrected chi connectivity index (χ4v) is 2.38. The molecule has 0 heterocycles. The van der Waals surface area contributed by atoms with Crippen LogP contribution in [0.5, 0.6) is 5.75 Å². The third-order valence-corrected chi connectivity index (χ3v) is 3.57. The standard InChI is InChI=1S/C18H20FNO4/c1-12(13-5-3-2-4-6-13)20-17(23)11-24-18-14(9-21)7-16(19)8-15(18)10-22/h2-8,12,21-22H,9-11H2,1H3,(H,20,23)/t12-/m0/s1. The van der Waals surface area contributed by atoms with E-state index in [4.69, 9.17) is 4.74 Å². The zero-order valence-electron chi connectivity index (χ0n) is 13.3. The second-order valence-corrected chi connectivity index (χ2v) is 5.36. The minimum absolute atomic E-state index is 0.129. The van der Waals surface area contributed by atoms with Crippen LogP contribution in [-0.4, -0.2) is 22.7 Å². The van der Waals surface area contributed by atoms with Gasteiger partial charge in [-0.3, -0.25) is 4.79 Å². The SMILES string of the molecule is C[C@H](NC(=O)COc1c(CO)cc(F)cc1CO)c1ccccc1. The maximum Gasteiger partial charge on any atom is 0.258 e. The fraction of sp³-hybridized carbons (Fsp3) is 0.278. The molecule has 0 spiro atoms. The van der Waals surface area contributed by atoms with Crippen LogP contribution in [0.3, 0.4) is 0 Å². The van der Waals surface area contributed by atoms with Crippen LogP contribution in [0.2, 0.25) is 0 Å². The number of nitrogens with one attached hydrogen (secondary N) is 1. The lowest BCUT2D eigenvalue weighted by Crippen LogP contribution is -2.31. The predicted molar refractivity (Wildman–Crippen MR) is 86.7 cm³/mol. The van der Waals surface area contributed by atoms with Crippen molar-refractivity contribution in [1.29, 1.82) is 0 Å². The second kappa shape index (κ2) is 8.42. The Balaban J connectivity index is 2.01. The van der Waals surface area contributed by atoms with Crippen molar-refractivity contribution in [2.75, 3.05) is 6.61 Å². The molecular formula is C18H20FNO4. The highest BCUT2D eigenvalue weighted by Crippen LogP contribution is 2.26. The van der Waals surface area contributed by atoms with Gasteiger partial charge in [0.2, 0.25) is 0 Å². The maximum absolute atomic E-state index is 13.4. The molecule has 0 aliphatic rings. The zero-order chi connectivity index (χ0) is 17.5. The minimum Gasteiger partial charge on any atom is -0.483 e. The monoisotopic (exact) mass is 333 g/mol. The van der Waals surface area contributed by atoms with E-state index in [9.17, 15) is 19.4 Å². The number of rotatable bonds is 7. The molecule has 0 fully saturated rings. The summed E-state index contributed by atoms with van der Waals surface area (Å²) in [5, 5.41) is 21.4. The van der Waals surface area contributed by atoms with Gasteiger partial charge in [-0.15, -0.1) is 0 Å². The molecule has 1 atom stereocenters. The summed E-state index contributed by atoms with van der Waals surface area (Å²) in [6.07, 6.45) is 0. The Morgan fingerprint density at radius 3 is 2.29 bits per heavy atom. The van der Waals surface area contributed by atoms with Gasteiger partial charge in [0.15, 0.2) is 6.61 Å². The third kappa shape index (κ3) is 4.53. The molecule has 0 aromatic heterocycles. The van der Waals surface area contributed by atoms with Gasteiger partial charge in [-0.2, -0.15) is 0 Å². The molecule has 0 aliphatic heterocycles. The quantitative estimate of drug-likeness (QED) is 0.725. The van der Waals surface area contributed by atoms with Crippen LogP contribution in [0, 0.1) is 5.82 Å². The summed E-state index contributed by atoms with van der Waals surface area (Å²) in [7, 11) is 0. The Morgan fingerprint density at radius 1 is 1.17 bits per heavy atom. The number of hydrogen-bond acceptors (Lipinski definition) is 4. The average Bonchev–Trinajstić information content (AvgIpc) is 2.60. The lowest BCUT2D eigenvalue weighted by molar-refractivity contribution is -0.123. The van der Waals surface area contributed by atoms with Gasteiger partial charge in [0.05, 0.1) is 19.3 Å². The highest BCUT2D eigenvalue weighted by molar-refractivity contribution is 5.78. The van der Waals surface area contributed by atoms with Crippen molar-refractivity contribution in [2.24, 2.45) is 0 Å². The molecule has 0 saturated heterocycles. The first-order chi connectivity index (χ1) is 11.5. The highest BCUT2D eigenvalue weighted by atomic mass is 19.1. The number of carbonyl (C=O) groups is 1. The van der Waals surface area contributed by atoms with E-state index in [1.54, 1.807) is 0 Å². The summed E-state index contributed by atoms with van der Waals surface area (Å²) in [5.74, 6) is -0.815. The highest BCUT2D eigenvalue weighted by Gasteiger charge is 2.15. The number of amides is 1. The fourth-order valence-electron chi connectivity index (χ4n) is 2.38. The normalized spacial score (nSPS) is 11.8. The Hall–Kier alpha value is -2.44. The molecule has 5 nitrogen and oxygen atoms in total. The maximum atomic E-state index is 13.4. The van der Waals surface area contributed by atoms with Crippen LogP contribution in [0.4, 0.5) is 4.39 Å². The first-order valence-corrected chi connectivity index (χ1v) is 7.55. The summed E-state index contributed by atoms with van der Waals surface area (Å²) >= 11 is 0. The second-order valence-electron chi connectivity index (χ2n) is 5.36. The first-order valence-electron chi connectivity index (χ1n) is 7.55. The molecule has 0 unspecified atom stereocenters. The average molecular weight is 333 g/mol. The largest absolute Gasteiger partial charge is 0.483 e. The Kier molecular flexibility index (Phi) is 6.28. The van der Waals surface area contributed by atoms with Gasteiger partial charge in [-0.05, 0) is 24.6 Å². The molecule has 0 aliphatic carbocycles. The van der Waals surface area contributed by atoms with E-state index in [0.29, 0.717) is 0 Å². The summed E-state index contributed by atoms with van der Waals surface area (Å²) in [5.41, 5.74) is 1.32. The molecule has 128 valence electrons. The molecule has 2 aromatic rings. The van der Waals surface area contributed by atoms with Gasteiger partial charge < -0.3 is 20.3 Å². The zero-order valence-corrected chi connectivity index (χ0v) is 13.3. The molecule has 2 aromatic carbocycles. The number of benzene rings is 2. The van der Waals surface area contributed by atoms with Gasteiger partial charge in [0.25, 0.3) is 5.91 Å². The van der Waals surface area contributed by atoms with Crippen molar-refractivity contribution < 1.29 is 24.1 Å². The summed E-state index contributed by atoms with van der Waals surface area (Å²) in [6.45, 7) is 0.635. The van der Waals surface area contributed by atoms with Crippen LogP contribution in [0.1, 0.15) is 29.7 Å².